The van der Waals surface area contributed by atoms with Crippen molar-refractivity contribution in [2.75, 3.05) is 6.61 Å². The van der Waals surface area contributed by atoms with Crippen LogP contribution in [-0.2, 0) is 17.9 Å². The minimum Gasteiger partial charge on any atom is -0.372 e. The lowest BCUT2D eigenvalue weighted by molar-refractivity contribution is 0.0830. The fraction of sp³-hybridized carbons (Fsp3) is 0.300. The van der Waals surface area contributed by atoms with E-state index in [1.165, 1.54) is 0 Å². The molecule has 0 atom stereocenters. The van der Waals surface area contributed by atoms with Gasteiger partial charge in [0.1, 0.15) is 17.9 Å². The maximum Gasteiger partial charge on any atom is 0.136 e. The van der Waals surface area contributed by atoms with Gasteiger partial charge in [-0.1, -0.05) is 23.2 Å². The number of aromatic nitrogens is 2. The van der Waals surface area contributed by atoms with Crippen molar-refractivity contribution in [1.82, 2.24) is 9.55 Å². The van der Waals surface area contributed by atoms with Gasteiger partial charge < -0.3 is 9.30 Å². The van der Waals surface area contributed by atoms with Crippen LogP contribution >= 0.6 is 39.1 Å². The second-order valence-electron chi connectivity index (χ2n) is 3.59. The zero-order valence-corrected chi connectivity index (χ0v) is 11.2. The number of benzene rings is 1. The van der Waals surface area contributed by atoms with Gasteiger partial charge in [0.05, 0.1) is 26.6 Å². The van der Waals surface area contributed by atoms with E-state index in [9.17, 15) is 0 Å². The van der Waals surface area contributed by atoms with Crippen LogP contribution in [-0.4, -0.2) is 16.2 Å². The molecule has 0 unspecified atom stereocenters. The molecule has 0 aliphatic carbocycles. The molecular formula is C10H7BrCl2N2O. The van der Waals surface area contributed by atoms with Crippen LogP contribution in [0.3, 0.4) is 0 Å². The van der Waals surface area contributed by atoms with Crippen LogP contribution < -0.4 is 0 Å². The molecule has 1 aliphatic rings. The van der Waals surface area contributed by atoms with Crippen LogP contribution in [0.5, 0.6) is 0 Å². The van der Waals surface area contributed by atoms with Gasteiger partial charge >= 0.3 is 0 Å². The molecule has 84 valence electrons. The SMILES string of the molecule is Clc1cc2c(nc3n2CCOC3)c(Cl)c1Br. The lowest BCUT2D eigenvalue weighted by Crippen LogP contribution is -2.16. The second kappa shape index (κ2) is 3.88. The maximum atomic E-state index is 6.20. The van der Waals surface area contributed by atoms with Crippen LogP contribution in [0.1, 0.15) is 5.82 Å². The normalized spacial score (nSPS) is 15.4. The Morgan fingerprint density at radius 1 is 1.44 bits per heavy atom. The molecule has 16 heavy (non-hydrogen) atoms. The van der Waals surface area contributed by atoms with Gasteiger partial charge in [0, 0.05) is 6.54 Å². The van der Waals surface area contributed by atoms with Gasteiger partial charge in [-0.2, -0.15) is 0 Å². The first-order valence-electron chi connectivity index (χ1n) is 4.79. The molecular weight excluding hydrogens is 315 g/mol. The van der Waals surface area contributed by atoms with Crippen LogP contribution in [0.15, 0.2) is 10.5 Å². The van der Waals surface area contributed by atoms with E-state index in [1.54, 1.807) is 0 Å². The van der Waals surface area contributed by atoms with Gasteiger partial charge in [-0.15, -0.1) is 0 Å². The minimum atomic E-state index is 0.528. The van der Waals surface area contributed by atoms with E-state index in [0.717, 1.165) is 23.4 Å². The van der Waals surface area contributed by atoms with Crippen LogP contribution in [0, 0.1) is 0 Å². The Morgan fingerprint density at radius 3 is 3.06 bits per heavy atom. The molecule has 0 fully saturated rings. The highest BCUT2D eigenvalue weighted by molar-refractivity contribution is 9.10. The van der Waals surface area contributed by atoms with Crippen molar-refractivity contribution in [2.45, 2.75) is 13.2 Å². The van der Waals surface area contributed by atoms with Gasteiger partial charge in [0.2, 0.25) is 0 Å². The Labute approximate surface area is 110 Å². The molecule has 0 amide bonds. The highest BCUT2D eigenvalue weighted by Gasteiger charge is 2.19. The first-order valence-corrected chi connectivity index (χ1v) is 6.33. The van der Waals surface area contributed by atoms with Gasteiger partial charge in [-0.25, -0.2) is 4.98 Å². The average Bonchev–Trinajstić information content (AvgIpc) is 2.65. The largest absolute Gasteiger partial charge is 0.372 e. The lowest BCUT2D eigenvalue weighted by atomic mass is 10.3. The number of halogens is 3. The standard InChI is InChI=1S/C10H7BrCl2N2O/c11-8-5(12)3-6-10(9(8)13)14-7-4-16-2-1-15(6)7/h3H,1-2,4H2. The monoisotopic (exact) mass is 320 g/mol. The van der Waals surface area contributed by atoms with Gasteiger partial charge in [-0.3, -0.25) is 0 Å². The Hall–Kier alpha value is -0.290. The fourth-order valence-corrected chi connectivity index (χ4v) is 2.68. The lowest BCUT2D eigenvalue weighted by Gasteiger charge is -2.14. The molecule has 3 rings (SSSR count). The summed E-state index contributed by atoms with van der Waals surface area (Å²) in [6.07, 6.45) is 0. The molecule has 0 saturated heterocycles. The van der Waals surface area contributed by atoms with E-state index in [4.69, 9.17) is 27.9 Å². The topological polar surface area (TPSA) is 27.1 Å². The number of rotatable bonds is 0. The van der Waals surface area contributed by atoms with E-state index < -0.39 is 0 Å². The van der Waals surface area contributed by atoms with Crippen molar-refractivity contribution < 1.29 is 4.74 Å². The number of hydrogen-bond acceptors (Lipinski definition) is 2. The summed E-state index contributed by atoms with van der Waals surface area (Å²) in [6.45, 7) is 2.02. The van der Waals surface area contributed by atoms with Crippen molar-refractivity contribution in [2.24, 2.45) is 0 Å². The summed E-state index contributed by atoms with van der Waals surface area (Å²) in [7, 11) is 0. The summed E-state index contributed by atoms with van der Waals surface area (Å²) in [5, 5.41) is 1.16. The number of nitrogens with zero attached hydrogens (tertiary/aromatic N) is 2. The summed E-state index contributed by atoms with van der Waals surface area (Å²) in [5.74, 6) is 0.900. The molecule has 2 aromatic rings. The third-order valence-corrected chi connectivity index (χ3v) is 4.60. The second-order valence-corrected chi connectivity index (χ2v) is 5.16. The number of ether oxygens (including phenoxy) is 1. The molecule has 1 aliphatic heterocycles. The van der Waals surface area contributed by atoms with Crippen molar-refractivity contribution in [3.63, 3.8) is 0 Å². The summed E-state index contributed by atoms with van der Waals surface area (Å²) in [4.78, 5) is 4.47. The number of fused-ring (bicyclic) bond motifs is 3. The maximum absolute atomic E-state index is 6.20. The smallest absolute Gasteiger partial charge is 0.136 e. The molecule has 0 bridgehead atoms. The number of imidazole rings is 1. The quantitative estimate of drug-likeness (QED) is 0.693. The van der Waals surface area contributed by atoms with Crippen molar-refractivity contribution in [3.05, 3.63) is 26.4 Å². The van der Waals surface area contributed by atoms with Gasteiger partial charge in [0.15, 0.2) is 0 Å². The van der Waals surface area contributed by atoms with E-state index in [1.807, 2.05) is 6.07 Å². The molecule has 1 aromatic heterocycles. The Bertz CT molecular complexity index is 582. The third-order valence-electron chi connectivity index (χ3n) is 2.65. The molecule has 6 heteroatoms. The number of hydrogen-bond donors (Lipinski definition) is 0. The Balaban J connectivity index is 2.39. The van der Waals surface area contributed by atoms with E-state index in [0.29, 0.717) is 27.7 Å². The highest BCUT2D eigenvalue weighted by Crippen LogP contribution is 2.37. The zero-order valence-electron chi connectivity index (χ0n) is 8.14. The predicted octanol–water partition coefficient (Wildman–Crippen LogP) is 3.64. The zero-order chi connectivity index (χ0) is 11.3. The minimum absolute atomic E-state index is 0.528. The van der Waals surface area contributed by atoms with Crippen LogP contribution in [0.2, 0.25) is 10.0 Å². The molecule has 0 saturated carbocycles. The summed E-state index contributed by atoms with van der Waals surface area (Å²) in [5.41, 5.74) is 1.75. The van der Waals surface area contributed by atoms with Gasteiger partial charge in [-0.05, 0) is 22.0 Å². The molecule has 1 aromatic carbocycles. The van der Waals surface area contributed by atoms with Crippen LogP contribution in [0.25, 0.3) is 11.0 Å². The van der Waals surface area contributed by atoms with Gasteiger partial charge in [0.25, 0.3) is 0 Å². The average molecular weight is 322 g/mol. The van der Waals surface area contributed by atoms with Crippen molar-refractivity contribution in [3.8, 4) is 0 Å². The third kappa shape index (κ3) is 1.48. The van der Waals surface area contributed by atoms with Crippen LogP contribution in [0.4, 0.5) is 0 Å². The molecule has 3 nitrogen and oxygen atoms in total. The molecule has 0 spiro atoms. The van der Waals surface area contributed by atoms with E-state index in [-0.39, 0.29) is 0 Å². The molecule has 0 radical (unpaired) electrons. The van der Waals surface area contributed by atoms with Crippen molar-refractivity contribution >= 4 is 50.2 Å². The predicted molar refractivity (Wildman–Crippen MR) is 67.1 cm³/mol. The summed E-state index contributed by atoms with van der Waals surface area (Å²) >= 11 is 15.6. The summed E-state index contributed by atoms with van der Waals surface area (Å²) in [6, 6.07) is 1.88. The molecule has 2 heterocycles. The first kappa shape index (κ1) is 10.8. The van der Waals surface area contributed by atoms with E-state index >= 15 is 0 Å². The molecule has 0 N–H and O–H groups in total. The highest BCUT2D eigenvalue weighted by atomic mass is 79.9. The van der Waals surface area contributed by atoms with Crippen molar-refractivity contribution in [1.29, 1.82) is 0 Å². The first-order chi connectivity index (χ1) is 7.68. The summed E-state index contributed by atoms with van der Waals surface area (Å²) < 4.78 is 8.15. The van der Waals surface area contributed by atoms with E-state index in [2.05, 4.69) is 25.5 Å². The Kier molecular flexibility index (Phi) is 2.63. The fourth-order valence-electron chi connectivity index (χ4n) is 1.89. The Morgan fingerprint density at radius 2 is 2.25 bits per heavy atom.